The zero-order chi connectivity index (χ0) is 14.5. The minimum atomic E-state index is -1.09. The summed E-state index contributed by atoms with van der Waals surface area (Å²) in [6.45, 7) is 0. The second-order valence-electron chi connectivity index (χ2n) is 4.16. The second kappa shape index (κ2) is 6.33. The van der Waals surface area contributed by atoms with Gasteiger partial charge in [-0.1, -0.05) is 22.0 Å². The summed E-state index contributed by atoms with van der Waals surface area (Å²) in [5.41, 5.74) is 1.04. The number of carboxylic acids is 1. The van der Waals surface area contributed by atoms with Gasteiger partial charge in [-0.25, -0.2) is 9.78 Å². The van der Waals surface area contributed by atoms with E-state index in [9.17, 15) is 9.59 Å². The van der Waals surface area contributed by atoms with Crippen LogP contribution in [0.3, 0.4) is 0 Å². The van der Waals surface area contributed by atoms with Crippen molar-refractivity contribution in [3.05, 3.63) is 52.5 Å². The molecule has 1 aromatic carbocycles. The molecular weight excluding hydrogens is 326 g/mol. The molecular formula is C13H12BrN3O3. The Morgan fingerprint density at radius 2 is 2.25 bits per heavy atom. The highest BCUT2D eigenvalue weighted by molar-refractivity contribution is 9.10. The number of aromatic amines is 1. The summed E-state index contributed by atoms with van der Waals surface area (Å²) >= 11 is 3.26. The fourth-order valence-corrected chi connectivity index (χ4v) is 2.09. The first-order chi connectivity index (χ1) is 9.56. The Morgan fingerprint density at radius 1 is 1.45 bits per heavy atom. The molecule has 1 unspecified atom stereocenters. The molecule has 0 aliphatic heterocycles. The van der Waals surface area contributed by atoms with Gasteiger partial charge in [0.2, 0.25) is 0 Å². The zero-order valence-corrected chi connectivity index (χ0v) is 11.9. The largest absolute Gasteiger partial charge is 0.480 e. The number of nitrogens with zero attached hydrogens (tertiary/aromatic N) is 1. The Balaban J connectivity index is 2.08. The predicted octanol–water partition coefficient (Wildman–Crippen LogP) is 1.60. The number of halogens is 1. The van der Waals surface area contributed by atoms with Crippen LogP contribution in [0.4, 0.5) is 0 Å². The molecule has 0 spiro atoms. The van der Waals surface area contributed by atoms with Crippen molar-refractivity contribution in [2.45, 2.75) is 12.5 Å². The number of carbonyl (C=O) groups excluding carboxylic acids is 1. The van der Waals surface area contributed by atoms with Crippen molar-refractivity contribution in [1.29, 1.82) is 0 Å². The molecule has 1 atom stereocenters. The van der Waals surface area contributed by atoms with Gasteiger partial charge in [0.25, 0.3) is 5.91 Å². The average molecular weight is 338 g/mol. The summed E-state index contributed by atoms with van der Waals surface area (Å²) in [7, 11) is 0. The summed E-state index contributed by atoms with van der Waals surface area (Å²) < 4.78 is 0.755. The lowest BCUT2D eigenvalue weighted by atomic mass is 10.1. The van der Waals surface area contributed by atoms with E-state index in [1.165, 1.54) is 12.5 Å². The topological polar surface area (TPSA) is 95.1 Å². The molecule has 104 valence electrons. The number of aromatic nitrogens is 2. The van der Waals surface area contributed by atoms with E-state index >= 15 is 0 Å². The molecule has 0 bridgehead atoms. The maximum Gasteiger partial charge on any atom is 0.326 e. The molecule has 2 rings (SSSR count). The van der Waals surface area contributed by atoms with Crippen molar-refractivity contribution >= 4 is 27.8 Å². The van der Waals surface area contributed by atoms with E-state index < -0.39 is 17.9 Å². The van der Waals surface area contributed by atoms with Crippen LogP contribution in [0, 0.1) is 0 Å². The third-order valence-corrected chi connectivity index (χ3v) is 3.16. The van der Waals surface area contributed by atoms with Crippen LogP contribution in [0.15, 0.2) is 41.3 Å². The third kappa shape index (κ3) is 3.67. The van der Waals surface area contributed by atoms with Crippen molar-refractivity contribution in [3.63, 3.8) is 0 Å². The molecule has 2 aromatic rings. The highest BCUT2D eigenvalue weighted by Crippen LogP contribution is 2.12. The normalized spacial score (nSPS) is 11.8. The first-order valence-corrected chi connectivity index (χ1v) is 6.62. The standard InChI is InChI=1S/C13H12BrN3O3/c14-9-3-1-2-8(4-9)12(18)17-11(13(19)20)5-10-6-15-7-16-10/h1-4,6-7,11H,5H2,(H,15,16)(H,17,18)(H,19,20). The van der Waals surface area contributed by atoms with Crippen LogP contribution < -0.4 is 5.32 Å². The third-order valence-electron chi connectivity index (χ3n) is 2.67. The average Bonchev–Trinajstić information content (AvgIpc) is 2.90. The van der Waals surface area contributed by atoms with Gasteiger partial charge < -0.3 is 15.4 Å². The molecule has 1 amide bonds. The first-order valence-electron chi connectivity index (χ1n) is 5.83. The number of carbonyl (C=O) groups is 2. The van der Waals surface area contributed by atoms with Crippen molar-refractivity contribution in [3.8, 4) is 0 Å². The molecule has 0 aliphatic rings. The van der Waals surface area contributed by atoms with Gasteiger partial charge in [0.15, 0.2) is 0 Å². The summed E-state index contributed by atoms with van der Waals surface area (Å²) in [5.74, 6) is -1.53. The van der Waals surface area contributed by atoms with Gasteiger partial charge >= 0.3 is 5.97 Å². The van der Waals surface area contributed by atoms with Crippen molar-refractivity contribution in [1.82, 2.24) is 15.3 Å². The molecule has 3 N–H and O–H groups in total. The molecule has 0 saturated heterocycles. The van der Waals surface area contributed by atoms with Gasteiger partial charge in [0.05, 0.1) is 6.33 Å². The fraction of sp³-hybridized carbons (Fsp3) is 0.154. The van der Waals surface area contributed by atoms with E-state index in [1.54, 1.807) is 24.3 Å². The molecule has 1 aromatic heterocycles. The van der Waals surface area contributed by atoms with Gasteiger partial charge in [-0.3, -0.25) is 4.79 Å². The molecule has 7 heteroatoms. The first kappa shape index (κ1) is 14.3. The highest BCUT2D eigenvalue weighted by atomic mass is 79.9. The number of hydrogen-bond donors (Lipinski definition) is 3. The van der Waals surface area contributed by atoms with Crippen molar-refractivity contribution in [2.75, 3.05) is 0 Å². The Morgan fingerprint density at radius 3 is 2.85 bits per heavy atom. The Kier molecular flexibility index (Phi) is 4.52. The fourth-order valence-electron chi connectivity index (χ4n) is 1.69. The van der Waals surface area contributed by atoms with Crippen LogP contribution in [0.25, 0.3) is 0 Å². The number of nitrogens with one attached hydrogen (secondary N) is 2. The van der Waals surface area contributed by atoms with Gasteiger partial charge in [-0.15, -0.1) is 0 Å². The van der Waals surface area contributed by atoms with Gasteiger partial charge in [0.1, 0.15) is 6.04 Å². The maximum absolute atomic E-state index is 12.0. The lowest BCUT2D eigenvalue weighted by Gasteiger charge is -2.13. The van der Waals surface area contributed by atoms with E-state index in [0.717, 1.165) is 4.47 Å². The lowest BCUT2D eigenvalue weighted by molar-refractivity contribution is -0.139. The van der Waals surface area contributed by atoms with Gasteiger partial charge in [-0.2, -0.15) is 0 Å². The number of aliphatic carboxylic acids is 1. The molecule has 20 heavy (non-hydrogen) atoms. The predicted molar refractivity (Wildman–Crippen MR) is 75.3 cm³/mol. The van der Waals surface area contributed by atoms with Crippen LogP contribution in [0.5, 0.6) is 0 Å². The monoisotopic (exact) mass is 337 g/mol. The van der Waals surface area contributed by atoms with E-state index in [4.69, 9.17) is 5.11 Å². The minimum Gasteiger partial charge on any atom is -0.480 e. The molecule has 0 aliphatic carbocycles. The number of rotatable bonds is 5. The number of hydrogen-bond acceptors (Lipinski definition) is 3. The number of carboxylic acid groups (broad SMARTS) is 1. The molecule has 1 heterocycles. The number of imidazole rings is 1. The molecule has 0 radical (unpaired) electrons. The Hall–Kier alpha value is -2.15. The Bertz CT molecular complexity index is 613. The minimum absolute atomic E-state index is 0.148. The number of H-pyrrole nitrogens is 1. The van der Waals surface area contributed by atoms with Crippen LogP contribution in [-0.4, -0.2) is 33.0 Å². The summed E-state index contributed by atoms with van der Waals surface area (Å²) in [6.07, 6.45) is 3.14. The van der Waals surface area contributed by atoms with E-state index in [0.29, 0.717) is 11.3 Å². The second-order valence-corrected chi connectivity index (χ2v) is 5.07. The van der Waals surface area contributed by atoms with E-state index in [-0.39, 0.29) is 6.42 Å². The highest BCUT2D eigenvalue weighted by Gasteiger charge is 2.21. The van der Waals surface area contributed by atoms with Crippen LogP contribution in [0.1, 0.15) is 16.1 Å². The molecule has 0 saturated carbocycles. The van der Waals surface area contributed by atoms with E-state index in [1.807, 2.05) is 0 Å². The SMILES string of the molecule is O=C(NC(Cc1cnc[nH]1)C(=O)O)c1cccc(Br)c1. The maximum atomic E-state index is 12.0. The van der Waals surface area contributed by atoms with Gasteiger partial charge in [-0.05, 0) is 18.2 Å². The molecule has 6 nitrogen and oxygen atoms in total. The summed E-state index contributed by atoms with van der Waals surface area (Å²) in [4.78, 5) is 29.8. The quantitative estimate of drug-likeness (QED) is 0.772. The van der Waals surface area contributed by atoms with Crippen LogP contribution in [0.2, 0.25) is 0 Å². The van der Waals surface area contributed by atoms with E-state index in [2.05, 4.69) is 31.2 Å². The van der Waals surface area contributed by atoms with Crippen LogP contribution in [-0.2, 0) is 11.2 Å². The van der Waals surface area contributed by atoms with Gasteiger partial charge in [0, 0.05) is 28.3 Å². The summed E-state index contributed by atoms with van der Waals surface area (Å²) in [6, 6.07) is 5.74. The van der Waals surface area contributed by atoms with Crippen molar-refractivity contribution < 1.29 is 14.7 Å². The number of benzene rings is 1. The zero-order valence-electron chi connectivity index (χ0n) is 10.3. The lowest BCUT2D eigenvalue weighted by Crippen LogP contribution is -2.42. The van der Waals surface area contributed by atoms with Crippen molar-refractivity contribution in [2.24, 2.45) is 0 Å². The smallest absolute Gasteiger partial charge is 0.326 e. The molecule has 0 fully saturated rings. The number of amides is 1. The van der Waals surface area contributed by atoms with Crippen LogP contribution >= 0.6 is 15.9 Å². The Labute approximate surface area is 123 Å². The summed E-state index contributed by atoms with van der Waals surface area (Å²) in [5, 5.41) is 11.7.